The third-order valence-electron chi connectivity index (χ3n) is 2.72. The van der Waals surface area contributed by atoms with Crippen molar-refractivity contribution in [2.45, 2.75) is 0 Å². The summed E-state index contributed by atoms with van der Waals surface area (Å²) in [6, 6.07) is 14.4. The third-order valence-corrected chi connectivity index (χ3v) is 4.39. The molecule has 0 aromatic carbocycles. The molecule has 3 aromatic heterocycles. The van der Waals surface area contributed by atoms with E-state index in [-0.39, 0.29) is 0 Å². The molecule has 0 atom stereocenters. The minimum Gasteiger partial charge on any atom is -0.249 e. The Morgan fingerprint density at radius 2 is 1.20 bits per heavy atom. The lowest BCUT2D eigenvalue weighted by Crippen LogP contribution is -1.83. The van der Waals surface area contributed by atoms with Crippen molar-refractivity contribution >= 4 is 47.0 Å². The van der Waals surface area contributed by atoms with Crippen LogP contribution in [0.1, 0.15) is 21.1 Å². The number of aromatic nitrogens is 1. The molecular weight excluding hydrogens is 282 g/mol. The second kappa shape index (κ2) is 6.46. The first-order valence-corrected chi connectivity index (χ1v) is 8.06. The molecule has 0 radical (unpaired) electrons. The van der Waals surface area contributed by atoms with Crippen LogP contribution in [0.25, 0.3) is 24.3 Å². The molecule has 3 rings (SSSR count). The number of hydrogen-bond donors (Lipinski definition) is 0. The standard InChI is InChI=1S/C17H13NS2/c1-4-14(8-10-16-6-2-12-19-16)18-15(5-1)9-11-17-7-3-13-20-17/h1-13H. The van der Waals surface area contributed by atoms with E-state index in [9.17, 15) is 0 Å². The van der Waals surface area contributed by atoms with Gasteiger partial charge >= 0.3 is 0 Å². The van der Waals surface area contributed by atoms with Gasteiger partial charge in [-0.2, -0.15) is 0 Å². The lowest BCUT2D eigenvalue weighted by Gasteiger charge is -1.96. The van der Waals surface area contributed by atoms with Gasteiger partial charge in [-0.25, -0.2) is 4.98 Å². The molecule has 0 aliphatic rings. The van der Waals surface area contributed by atoms with Crippen LogP contribution in [-0.2, 0) is 0 Å². The Balaban J connectivity index is 1.76. The summed E-state index contributed by atoms with van der Waals surface area (Å²) in [7, 11) is 0. The zero-order valence-electron chi connectivity index (χ0n) is 10.8. The van der Waals surface area contributed by atoms with E-state index in [4.69, 9.17) is 0 Å². The minimum absolute atomic E-state index is 0.978. The Labute approximate surface area is 126 Å². The van der Waals surface area contributed by atoms with E-state index >= 15 is 0 Å². The van der Waals surface area contributed by atoms with E-state index < -0.39 is 0 Å². The second-order valence-corrected chi connectivity index (χ2v) is 6.14. The summed E-state index contributed by atoms with van der Waals surface area (Å²) in [6.07, 6.45) is 8.29. The number of rotatable bonds is 4. The molecular formula is C17H13NS2. The number of hydrogen-bond acceptors (Lipinski definition) is 3. The Hall–Kier alpha value is -1.97. The van der Waals surface area contributed by atoms with Gasteiger partial charge in [-0.3, -0.25) is 0 Å². The van der Waals surface area contributed by atoms with E-state index in [0.717, 1.165) is 11.4 Å². The van der Waals surface area contributed by atoms with Gasteiger partial charge in [-0.1, -0.05) is 18.2 Å². The molecule has 0 saturated carbocycles. The molecule has 0 spiro atoms. The first-order chi connectivity index (χ1) is 9.90. The quantitative estimate of drug-likeness (QED) is 0.615. The summed E-state index contributed by atoms with van der Waals surface area (Å²) in [5, 5.41) is 4.15. The molecule has 0 aliphatic carbocycles. The number of nitrogens with zero attached hydrogens (tertiary/aromatic N) is 1. The van der Waals surface area contributed by atoms with Crippen LogP contribution in [0.15, 0.2) is 53.2 Å². The fraction of sp³-hybridized carbons (Fsp3) is 0. The van der Waals surface area contributed by atoms with Gasteiger partial charge in [0.15, 0.2) is 0 Å². The van der Waals surface area contributed by atoms with Gasteiger partial charge in [-0.15, -0.1) is 22.7 Å². The minimum atomic E-state index is 0.978. The van der Waals surface area contributed by atoms with E-state index in [1.165, 1.54) is 9.75 Å². The summed E-state index contributed by atoms with van der Waals surface area (Å²) >= 11 is 3.46. The van der Waals surface area contributed by atoms with Crippen LogP contribution in [0.3, 0.4) is 0 Å². The van der Waals surface area contributed by atoms with Gasteiger partial charge in [-0.05, 0) is 59.3 Å². The first-order valence-electron chi connectivity index (χ1n) is 6.30. The summed E-state index contributed by atoms with van der Waals surface area (Å²) in [5.74, 6) is 0. The maximum absolute atomic E-state index is 4.61. The number of pyridine rings is 1. The predicted octanol–water partition coefficient (Wildman–Crippen LogP) is 5.55. The second-order valence-electron chi connectivity index (χ2n) is 4.18. The summed E-state index contributed by atoms with van der Waals surface area (Å²) in [5.41, 5.74) is 1.96. The van der Waals surface area contributed by atoms with Crippen LogP contribution in [0.4, 0.5) is 0 Å². The van der Waals surface area contributed by atoms with E-state index in [2.05, 4.69) is 52.2 Å². The lowest BCUT2D eigenvalue weighted by molar-refractivity contribution is 1.27. The molecule has 1 nitrogen and oxygen atoms in total. The van der Waals surface area contributed by atoms with Crippen LogP contribution in [0, 0.1) is 0 Å². The Morgan fingerprint density at radius 3 is 1.65 bits per heavy atom. The van der Waals surface area contributed by atoms with Gasteiger partial charge < -0.3 is 0 Å². The monoisotopic (exact) mass is 295 g/mol. The van der Waals surface area contributed by atoms with Crippen LogP contribution in [0.2, 0.25) is 0 Å². The fourth-order valence-electron chi connectivity index (χ4n) is 1.76. The van der Waals surface area contributed by atoms with Crippen molar-refractivity contribution in [3.63, 3.8) is 0 Å². The number of thiophene rings is 2. The molecule has 0 unspecified atom stereocenters. The topological polar surface area (TPSA) is 12.9 Å². The highest BCUT2D eigenvalue weighted by molar-refractivity contribution is 7.11. The molecule has 0 bridgehead atoms. The van der Waals surface area contributed by atoms with Gasteiger partial charge in [0.1, 0.15) is 0 Å². The summed E-state index contributed by atoms with van der Waals surface area (Å²) in [6.45, 7) is 0. The van der Waals surface area contributed by atoms with Crippen LogP contribution < -0.4 is 0 Å². The Morgan fingerprint density at radius 1 is 0.650 bits per heavy atom. The van der Waals surface area contributed by atoms with Crippen molar-refractivity contribution in [3.8, 4) is 0 Å². The summed E-state index contributed by atoms with van der Waals surface area (Å²) < 4.78 is 0. The van der Waals surface area contributed by atoms with E-state index in [1.54, 1.807) is 22.7 Å². The summed E-state index contributed by atoms with van der Waals surface area (Å²) in [4.78, 5) is 7.09. The highest BCUT2D eigenvalue weighted by atomic mass is 32.1. The molecule has 0 N–H and O–H groups in total. The molecule has 0 amide bonds. The average Bonchev–Trinajstić information content (AvgIpc) is 3.17. The first kappa shape index (κ1) is 13.0. The van der Waals surface area contributed by atoms with Crippen molar-refractivity contribution < 1.29 is 0 Å². The van der Waals surface area contributed by atoms with Crippen LogP contribution in [-0.4, -0.2) is 4.98 Å². The molecule has 20 heavy (non-hydrogen) atoms. The van der Waals surface area contributed by atoms with Crippen LogP contribution in [0.5, 0.6) is 0 Å². The predicted molar refractivity (Wildman–Crippen MR) is 90.7 cm³/mol. The van der Waals surface area contributed by atoms with Crippen LogP contribution >= 0.6 is 22.7 Å². The maximum Gasteiger partial charge on any atom is 0.0637 e. The average molecular weight is 295 g/mol. The van der Waals surface area contributed by atoms with Crippen molar-refractivity contribution in [2.24, 2.45) is 0 Å². The molecule has 3 heteroatoms. The van der Waals surface area contributed by atoms with Gasteiger partial charge in [0, 0.05) is 9.75 Å². The Bertz CT molecular complexity index is 648. The molecule has 3 heterocycles. The fourth-order valence-corrected chi connectivity index (χ4v) is 3.00. The lowest BCUT2D eigenvalue weighted by atomic mass is 10.2. The highest BCUT2D eigenvalue weighted by Crippen LogP contribution is 2.14. The van der Waals surface area contributed by atoms with E-state index in [0.29, 0.717) is 0 Å². The van der Waals surface area contributed by atoms with Crippen molar-refractivity contribution in [3.05, 3.63) is 74.4 Å². The SMILES string of the molecule is C(=Cc1cccs1)c1cccc(C=Cc2cccs2)n1. The van der Waals surface area contributed by atoms with Gasteiger partial charge in [0.25, 0.3) is 0 Å². The maximum atomic E-state index is 4.61. The van der Waals surface area contributed by atoms with Crippen molar-refractivity contribution in [1.82, 2.24) is 4.98 Å². The zero-order valence-corrected chi connectivity index (χ0v) is 12.4. The van der Waals surface area contributed by atoms with Gasteiger partial charge in [0.2, 0.25) is 0 Å². The Kier molecular flexibility index (Phi) is 4.21. The zero-order chi connectivity index (χ0) is 13.6. The van der Waals surface area contributed by atoms with Crippen molar-refractivity contribution in [1.29, 1.82) is 0 Å². The third kappa shape index (κ3) is 3.53. The van der Waals surface area contributed by atoms with Crippen molar-refractivity contribution in [2.75, 3.05) is 0 Å². The van der Waals surface area contributed by atoms with Gasteiger partial charge in [0.05, 0.1) is 11.4 Å². The smallest absolute Gasteiger partial charge is 0.0637 e. The largest absolute Gasteiger partial charge is 0.249 e. The molecule has 0 saturated heterocycles. The highest BCUT2D eigenvalue weighted by Gasteiger charge is 1.93. The molecule has 0 aliphatic heterocycles. The molecule has 98 valence electrons. The molecule has 0 fully saturated rings. The normalized spacial score (nSPS) is 11.6. The molecule has 3 aromatic rings. The van der Waals surface area contributed by atoms with E-state index in [1.807, 2.05) is 30.4 Å².